The molecule has 3 aromatic heterocycles. The van der Waals surface area contributed by atoms with Gasteiger partial charge in [0.15, 0.2) is 5.69 Å². The van der Waals surface area contributed by atoms with Crippen LogP contribution in [0.25, 0.3) is 11.2 Å². The molecule has 9 nitrogen and oxygen atoms in total. The zero-order valence-corrected chi connectivity index (χ0v) is 24.6. The molecule has 0 bridgehead atoms. The van der Waals surface area contributed by atoms with E-state index in [1.165, 1.54) is 6.07 Å². The summed E-state index contributed by atoms with van der Waals surface area (Å²) in [6, 6.07) is 1.97. The summed E-state index contributed by atoms with van der Waals surface area (Å²) < 4.78 is 108. The van der Waals surface area contributed by atoms with Crippen LogP contribution in [-0.2, 0) is 23.3 Å². The molecule has 1 saturated heterocycles. The van der Waals surface area contributed by atoms with Gasteiger partial charge >= 0.3 is 6.18 Å². The van der Waals surface area contributed by atoms with E-state index in [9.17, 15) is 31.9 Å². The lowest BCUT2D eigenvalue weighted by Gasteiger charge is -2.42. The highest BCUT2D eigenvalue weighted by atomic mass is 79.9. The Morgan fingerprint density at radius 1 is 1.18 bits per heavy atom. The lowest BCUT2D eigenvalue weighted by molar-refractivity contribution is -0.142. The second-order valence-corrected chi connectivity index (χ2v) is 12.9. The van der Waals surface area contributed by atoms with Gasteiger partial charge in [-0.05, 0) is 65.4 Å². The first-order chi connectivity index (χ1) is 20.9. The van der Waals surface area contributed by atoms with Crippen molar-refractivity contribution in [2.24, 2.45) is 11.7 Å². The Labute approximate surface area is 257 Å². The minimum atomic E-state index is -5.12. The fourth-order valence-corrected chi connectivity index (χ4v) is 7.21. The topological polar surface area (TPSA) is 123 Å². The summed E-state index contributed by atoms with van der Waals surface area (Å²) in [5.74, 6) is -11.0. The Morgan fingerprint density at radius 3 is 2.44 bits per heavy atom. The van der Waals surface area contributed by atoms with E-state index in [0.29, 0.717) is 10.7 Å². The van der Waals surface area contributed by atoms with Gasteiger partial charge in [-0.25, -0.2) is 18.4 Å². The van der Waals surface area contributed by atoms with Crippen LogP contribution in [0.1, 0.15) is 59.4 Å². The molecule has 1 unspecified atom stereocenters. The van der Waals surface area contributed by atoms with Crippen LogP contribution in [0.2, 0.25) is 0 Å². The van der Waals surface area contributed by atoms with Crippen LogP contribution in [0.15, 0.2) is 33.2 Å². The molecule has 3 N–H and O–H groups in total. The van der Waals surface area contributed by atoms with E-state index >= 15 is 8.78 Å². The number of nitrogens with zero attached hydrogens (tertiary/aromatic N) is 5. The molecular weight excluding hydrogens is 681 g/mol. The number of pyridine rings is 1. The average Bonchev–Trinajstić information content (AvgIpc) is 3.34. The van der Waals surface area contributed by atoms with E-state index in [-0.39, 0.29) is 52.5 Å². The van der Waals surface area contributed by atoms with Gasteiger partial charge in [0.25, 0.3) is 11.9 Å². The van der Waals surface area contributed by atoms with Gasteiger partial charge in [-0.3, -0.25) is 4.79 Å². The number of halogens is 8. The number of oxazole rings is 1. The number of carbonyl (C=O) groups is 1. The van der Waals surface area contributed by atoms with E-state index in [0.717, 1.165) is 12.1 Å². The third-order valence-electron chi connectivity index (χ3n) is 8.51. The number of β-amino-alcohol motifs (C(OH)–C–C–N with tert-alkyl or cyclic N) is 1. The maximum atomic E-state index is 15.6. The number of alkyl halides is 5. The molecule has 2 aliphatic carbocycles. The van der Waals surface area contributed by atoms with Gasteiger partial charge < -0.3 is 20.2 Å². The van der Waals surface area contributed by atoms with E-state index < -0.39 is 82.4 Å². The average molecular weight is 703 g/mol. The Bertz CT molecular complexity index is 1860. The third kappa shape index (κ3) is 4.85. The standard InChI is InChI=1S/C28H22BrF7N6O3/c1-26(44)8-41(9-26)25-38-17-7-16(29)19(39-24(17)45-25)14(4-10-2-11(30)5-12(31)3-10)20(23(37)43)42-22-18(21(40-42)28(34,35)36)13-6-15(13)27(22,32)33/h2-3,5,7,13-15,20,44H,4,6,8-9H2,1H3,(H2,37,43)/t13-,14+,15+,20?/m0/s1. The van der Waals surface area contributed by atoms with Crippen molar-refractivity contribution in [3.05, 3.63) is 68.6 Å². The number of hydrogen-bond acceptors (Lipinski definition) is 7. The van der Waals surface area contributed by atoms with Crippen molar-refractivity contribution in [3.8, 4) is 0 Å². The first-order valence-electron chi connectivity index (χ1n) is 13.7. The Morgan fingerprint density at radius 2 is 1.84 bits per heavy atom. The highest BCUT2D eigenvalue weighted by Crippen LogP contribution is 2.69. The van der Waals surface area contributed by atoms with Crippen molar-refractivity contribution >= 4 is 39.1 Å². The number of carbonyl (C=O) groups excluding carboxylic acids is 1. The molecule has 3 aliphatic rings. The molecule has 238 valence electrons. The van der Waals surface area contributed by atoms with Gasteiger partial charge in [-0.2, -0.15) is 32.0 Å². The summed E-state index contributed by atoms with van der Waals surface area (Å²) in [6.07, 6.45) is -5.78. The zero-order valence-electron chi connectivity index (χ0n) is 23.0. The first-order valence-corrected chi connectivity index (χ1v) is 14.5. The molecule has 4 heterocycles. The monoisotopic (exact) mass is 702 g/mol. The highest BCUT2D eigenvalue weighted by molar-refractivity contribution is 9.10. The van der Waals surface area contributed by atoms with Gasteiger partial charge in [-0.15, -0.1) is 0 Å². The SMILES string of the molecule is CC1(O)CN(c2nc3cc(Br)c([C@@H](Cc4cc(F)cc(F)c4)C(C(N)=O)n4nc(C(F)(F)F)c5c4C(F)(F)[C@@H]4C[C@H]54)nc3o2)C1. The number of amides is 1. The molecule has 4 aromatic rings. The minimum Gasteiger partial charge on any atom is -0.404 e. The predicted molar refractivity (Wildman–Crippen MR) is 145 cm³/mol. The van der Waals surface area contributed by atoms with Crippen LogP contribution in [0, 0.1) is 17.6 Å². The molecule has 4 atom stereocenters. The second kappa shape index (κ2) is 9.64. The van der Waals surface area contributed by atoms with Crippen molar-refractivity contribution in [1.82, 2.24) is 19.7 Å². The van der Waals surface area contributed by atoms with Crippen LogP contribution in [0.5, 0.6) is 0 Å². The summed E-state index contributed by atoms with van der Waals surface area (Å²) in [4.78, 5) is 23.6. The summed E-state index contributed by atoms with van der Waals surface area (Å²) >= 11 is 3.33. The number of aromatic nitrogens is 4. The van der Waals surface area contributed by atoms with Gasteiger partial charge in [0, 0.05) is 27.9 Å². The number of nitrogens with two attached hydrogens (primary N) is 1. The number of aliphatic hydroxyl groups is 1. The largest absolute Gasteiger partial charge is 0.435 e. The fourth-order valence-electron chi connectivity index (χ4n) is 6.61. The smallest absolute Gasteiger partial charge is 0.404 e. The van der Waals surface area contributed by atoms with E-state index in [2.05, 4.69) is 31.0 Å². The lowest BCUT2D eigenvalue weighted by atomic mass is 9.87. The summed E-state index contributed by atoms with van der Waals surface area (Å²) in [5.41, 5.74) is 1.42. The van der Waals surface area contributed by atoms with Gasteiger partial charge in [0.05, 0.1) is 24.4 Å². The molecule has 17 heteroatoms. The molecule has 45 heavy (non-hydrogen) atoms. The second-order valence-electron chi connectivity index (χ2n) is 12.1. The van der Waals surface area contributed by atoms with Crippen molar-refractivity contribution in [1.29, 1.82) is 0 Å². The molecule has 7 rings (SSSR count). The number of benzene rings is 1. The summed E-state index contributed by atoms with van der Waals surface area (Å²) in [7, 11) is 0. The van der Waals surface area contributed by atoms with Crippen LogP contribution in [-0.4, -0.2) is 49.5 Å². The Hall–Kier alpha value is -3.73. The number of rotatable bonds is 7. The predicted octanol–water partition coefficient (Wildman–Crippen LogP) is 5.31. The lowest BCUT2D eigenvalue weighted by Crippen LogP contribution is -2.60. The quantitative estimate of drug-likeness (QED) is 0.250. The van der Waals surface area contributed by atoms with Crippen LogP contribution in [0.3, 0.4) is 0 Å². The van der Waals surface area contributed by atoms with E-state index in [1.807, 2.05) is 0 Å². The zero-order chi connectivity index (χ0) is 32.4. The number of fused-ring (bicyclic) bond motifs is 4. The molecule has 1 saturated carbocycles. The molecular formula is C28H22BrF7N6O3. The minimum absolute atomic E-state index is 0.0620. The third-order valence-corrected chi connectivity index (χ3v) is 9.15. The van der Waals surface area contributed by atoms with Crippen molar-refractivity contribution in [2.75, 3.05) is 18.0 Å². The number of hydrogen-bond donors (Lipinski definition) is 2. The molecule has 1 aromatic carbocycles. The Balaban J connectivity index is 1.41. The number of primary amides is 1. The van der Waals surface area contributed by atoms with Crippen molar-refractivity contribution in [3.63, 3.8) is 0 Å². The maximum Gasteiger partial charge on any atom is 0.435 e. The van der Waals surface area contributed by atoms with Crippen LogP contribution >= 0.6 is 15.9 Å². The van der Waals surface area contributed by atoms with E-state index in [4.69, 9.17) is 10.2 Å². The van der Waals surface area contributed by atoms with Crippen LogP contribution in [0.4, 0.5) is 36.7 Å². The van der Waals surface area contributed by atoms with E-state index in [1.54, 1.807) is 11.8 Å². The Kier molecular flexibility index (Phi) is 6.42. The van der Waals surface area contributed by atoms with Gasteiger partial charge in [0.2, 0.25) is 11.6 Å². The number of anilines is 1. The molecule has 2 fully saturated rings. The molecule has 0 radical (unpaired) electrons. The first kappa shape index (κ1) is 30.0. The highest BCUT2D eigenvalue weighted by Gasteiger charge is 2.69. The van der Waals surface area contributed by atoms with Crippen molar-refractivity contribution in [2.45, 2.75) is 55.3 Å². The molecule has 1 aliphatic heterocycles. The van der Waals surface area contributed by atoms with Gasteiger partial charge in [-0.1, -0.05) is 0 Å². The fraction of sp³-hybridized carbons (Fsp3) is 0.429. The normalized spacial score (nSPS) is 22.6. The van der Waals surface area contributed by atoms with Crippen molar-refractivity contribution < 1.29 is 45.1 Å². The summed E-state index contributed by atoms with van der Waals surface area (Å²) in [5, 5.41) is 13.6. The van der Waals surface area contributed by atoms with Gasteiger partial charge in [0.1, 0.15) is 28.9 Å². The summed E-state index contributed by atoms with van der Waals surface area (Å²) in [6.45, 7) is 2.02. The maximum absolute atomic E-state index is 15.6. The molecule has 1 amide bonds. The molecule has 0 spiro atoms. The van der Waals surface area contributed by atoms with Crippen LogP contribution < -0.4 is 10.6 Å².